The van der Waals surface area contributed by atoms with Crippen LogP contribution in [-0.2, 0) is 18.8 Å². The smallest absolute Gasteiger partial charge is 0.470 e. The number of para-hydroxylation sites is 1. The molecule has 0 radical (unpaired) electrons. The topological polar surface area (TPSA) is 102 Å². The third kappa shape index (κ3) is 15.8. The van der Waals surface area contributed by atoms with Crippen LogP contribution in [0.2, 0.25) is 0 Å². The number of benzene rings is 1. The molecule has 4 atom stereocenters. The van der Waals surface area contributed by atoms with Gasteiger partial charge in [0, 0.05) is 6.61 Å². The van der Waals surface area contributed by atoms with Crippen LogP contribution in [0.15, 0.2) is 30.3 Å². The Hall–Kier alpha value is -1.18. The second kappa shape index (κ2) is 20.8. The minimum atomic E-state index is -2.61. The van der Waals surface area contributed by atoms with Gasteiger partial charge in [-0.3, -0.25) is 0 Å². The second-order valence-electron chi connectivity index (χ2n) is 9.09. The Balaban J connectivity index is 1.93. The van der Waals surface area contributed by atoms with Crippen molar-refractivity contribution in [3.63, 3.8) is 0 Å². The Labute approximate surface area is 222 Å². The molecule has 7 nitrogen and oxygen atoms in total. The van der Waals surface area contributed by atoms with E-state index in [2.05, 4.69) is 6.92 Å². The summed E-state index contributed by atoms with van der Waals surface area (Å²) in [4.78, 5) is 10.8. The summed E-state index contributed by atoms with van der Waals surface area (Å²) in [5.74, 6) is 1.70. The van der Waals surface area contributed by atoms with Gasteiger partial charge in [0.1, 0.15) is 5.75 Å². The van der Waals surface area contributed by atoms with Crippen LogP contribution in [0, 0.1) is 0 Å². The van der Waals surface area contributed by atoms with Gasteiger partial charge in [0.05, 0.1) is 18.8 Å². The zero-order chi connectivity index (χ0) is 26.5. The number of hydrogen-bond donors (Lipinski definition) is 2. The largest absolute Gasteiger partial charge is 0.490 e. The average molecular weight is 546 g/mol. The molecular weight excluding hydrogens is 499 g/mol. The zero-order valence-electron chi connectivity index (χ0n) is 22.0. The summed E-state index contributed by atoms with van der Waals surface area (Å²) in [7, 11) is -1.48. The maximum atomic E-state index is 10.8. The van der Waals surface area contributed by atoms with E-state index in [1.807, 2.05) is 49.0 Å². The Morgan fingerprint density at radius 3 is 2.33 bits per heavy atom. The molecule has 0 spiro atoms. The molecule has 9 heteroatoms. The molecule has 0 saturated heterocycles. The van der Waals surface area contributed by atoms with Crippen LogP contribution in [0.3, 0.4) is 0 Å². The number of unbranched alkanes of at least 4 members (excludes halogenated alkanes) is 5. The van der Waals surface area contributed by atoms with Crippen LogP contribution >= 0.6 is 20.2 Å². The van der Waals surface area contributed by atoms with E-state index in [0.717, 1.165) is 43.6 Å². The maximum absolute atomic E-state index is 10.8. The lowest BCUT2D eigenvalue weighted by molar-refractivity contribution is -0.190. The molecular formula is C27H46O7PS+. The molecule has 1 aromatic carbocycles. The normalized spacial score (nSPS) is 14.9. The van der Waals surface area contributed by atoms with E-state index in [0.29, 0.717) is 19.1 Å². The molecule has 0 amide bonds. The van der Waals surface area contributed by atoms with Crippen molar-refractivity contribution in [2.45, 2.75) is 102 Å². The molecule has 0 aliphatic carbocycles. The van der Waals surface area contributed by atoms with Crippen LogP contribution in [0.4, 0.5) is 0 Å². The minimum absolute atomic E-state index is 0.0240. The highest BCUT2D eigenvalue weighted by Gasteiger charge is 2.47. The van der Waals surface area contributed by atoms with Crippen molar-refractivity contribution in [2.24, 2.45) is 0 Å². The van der Waals surface area contributed by atoms with Gasteiger partial charge in [0.2, 0.25) is 0 Å². The van der Waals surface area contributed by atoms with E-state index in [4.69, 9.17) is 19.3 Å². The number of ether oxygens (including phenoxy) is 3. The Morgan fingerprint density at radius 2 is 1.67 bits per heavy atom. The van der Waals surface area contributed by atoms with Crippen LogP contribution in [0.5, 0.6) is 5.75 Å². The predicted octanol–water partition coefficient (Wildman–Crippen LogP) is 6.65. The second-order valence-corrected chi connectivity index (χ2v) is 11.2. The summed E-state index contributed by atoms with van der Waals surface area (Å²) in [6.07, 6.45) is 12.6. The van der Waals surface area contributed by atoms with Crippen LogP contribution in [0.25, 0.3) is 0 Å². The van der Waals surface area contributed by atoms with Crippen molar-refractivity contribution in [1.82, 2.24) is 0 Å². The molecule has 0 fully saturated rings. The van der Waals surface area contributed by atoms with Gasteiger partial charge in [0.25, 0.3) is 0 Å². The number of aliphatic carboxylic acids is 1. The summed E-state index contributed by atoms with van der Waals surface area (Å²) in [6, 6.07) is 10.1. The van der Waals surface area contributed by atoms with Crippen LogP contribution < -0.4 is 4.74 Å². The van der Waals surface area contributed by atoms with E-state index in [1.54, 1.807) is 0 Å². The van der Waals surface area contributed by atoms with E-state index < -0.39 is 20.0 Å². The highest BCUT2D eigenvalue weighted by atomic mass is 32.2. The van der Waals surface area contributed by atoms with E-state index in [9.17, 15) is 14.5 Å². The first-order valence-electron chi connectivity index (χ1n) is 13.3. The monoisotopic (exact) mass is 545 g/mol. The highest BCUT2D eigenvalue weighted by Crippen LogP contribution is 2.22. The van der Waals surface area contributed by atoms with Gasteiger partial charge in [0.15, 0.2) is 0 Å². The molecule has 0 saturated carbocycles. The zero-order valence-corrected chi connectivity index (χ0v) is 23.8. The van der Waals surface area contributed by atoms with Gasteiger partial charge >= 0.3 is 20.0 Å². The fourth-order valence-electron chi connectivity index (χ4n) is 3.72. The van der Waals surface area contributed by atoms with E-state index >= 15 is 0 Å². The minimum Gasteiger partial charge on any atom is -0.490 e. The molecule has 0 aromatic heterocycles. The molecule has 206 valence electrons. The standard InChI is InChI=1S/C27H45O7PS/c1-3-14-24(34-25-16-10-8-11-17-25)18-22-36-21-12-7-5-4-6-9-15-23(2)32-19-13-20-33-27(30,35-31)26(28)29/h8,10-11,16-17,23-24,30H,3-7,9,12-15,18-22H2,1-2H3,(H,28,29)/p+1. The molecule has 1 rings (SSSR count). The molecule has 0 aliphatic heterocycles. The Bertz CT molecular complexity index is 694. The van der Waals surface area contributed by atoms with E-state index in [-0.39, 0.29) is 12.7 Å². The number of carbonyl (C=O) groups is 1. The maximum Gasteiger partial charge on any atom is 0.470 e. The Morgan fingerprint density at radius 1 is 0.972 bits per heavy atom. The van der Waals surface area contributed by atoms with Crippen molar-refractivity contribution in [3.8, 4) is 5.75 Å². The lowest BCUT2D eigenvalue weighted by atomic mass is 10.1. The first-order valence-corrected chi connectivity index (χ1v) is 15.4. The quantitative estimate of drug-likeness (QED) is 0.0845. The molecule has 0 bridgehead atoms. The van der Waals surface area contributed by atoms with Gasteiger partial charge in [-0.2, -0.15) is 11.8 Å². The molecule has 2 N–H and O–H groups in total. The third-order valence-corrected chi connectivity index (χ3v) is 7.56. The van der Waals surface area contributed by atoms with Crippen LogP contribution in [0.1, 0.15) is 84.5 Å². The van der Waals surface area contributed by atoms with Crippen LogP contribution in [-0.4, -0.2) is 58.6 Å². The number of aliphatic hydroxyl groups is 1. The fraction of sp³-hybridized carbons (Fsp3) is 0.741. The van der Waals surface area contributed by atoms with Crippen molar-refractivity contribution in [3.05, 3.63) is 30.3 Å². The van der Waals surface area contributed by atoms with Gasteiger partial charge < -0.3 is 24.4 Å². The van der Waals surface area contributed by atoms with Crippen molar-refractivity contribution >= 4 is 26.2 Å². The van der Waals surface area contributed by atoms with Gasteiger partial charge in [-0.25, -0.2) is 4.79 Å². The fourth-order valence-corrected chi connectivity index (χ4v) is 5.01. The number of thioether (sulfide) groups is 1. The first kappa shape index (κ1) is 32.8. The molecule has 4 unspecified atom stereocenters. The molecule has 0 aliphatic rings. The number of rotatable bonds is 24. The van der Waals surface area contributed by atoms with Crippen molar-refractivity contribution in [2.75, 3.05) is 24.7 Å². The molecule has 1 aromatic rings. The first-order chi connectivity index (χ1) is 17.4. The highest BCUT2D eigenvalue weighted by molar-refractivity contribution is 7.99. The Kier molecular flexibility index (Phi) is 19.0. The van der Waals surface area contributed by atoms with Crippen molar-refractivity contribution in [1.29, 1.82) is 0 Å². The van der Waals surface area contributed by atoms with Gasteiger partial charge in [-0.05, 0) is 62.7 Å². The summed E-state index contributed by atoms with van der Waals surface area (Å²) >= 11 is 2.04. The predicted molar refractivity (Wildman–Crippen MR) is 148 cm³/mol. The summed E-state index contributed by atoms with van der Waals surface area (Å²) in [6.45, 7) is 4.63. The van der Waals surface area contributed by atoms with Crippen molar-refractivity contribution < 1.29 is 33.8 Å². The van der Waals surface area contributed by atoms with E-state index in [1.165, 1.54) is 37.9 Å². The number of hydrogen-bond acceptors (Lipinski definition) is 7. The lowest BCUT2D eigenvalue weighted by Gasteiger charge is -2.18. The third-order valence-electron chi connectivity index (χ3n) is 5.82. The number of carboxylic acids is 1. The van der Waals surface area contributed by atoms with Gasteiger partial charge in [-0.1, -0.05) is 68.2 Å². The lowest BCUT2D eigenvalue weighted by Crippen LogP contribution is -2.35. The van der Waals surface area contributed by atoms with Gasteiger partial charge in [-0.15, -0.1) is 0 Å². The molecule has 36 heavy (non-hydrogen) atoms. The summed E-state index contributed by atoms with van der Waals surface area (Å²) in [5, 5.41) is 18.3. The average Bonchev–Trinajstić information content (AvgIpc) is 2.87. The molecule has 0 heterocycles. The SMILES string of the molecule is CCCC(CCSCCCCCCCCC(C)OCCCOC(O)([PH+]=O)C(=O)O)Oc1ccccc1. The summed E-state index contributed by atoms with van der Waals surface area (Å²) in [5.41, 5.74) is -2.61. The summed E-state index contributed by atoms with van der Waals surface area (Å²) < 4.78 is 27.4. The number of carboxylic acid groups (broad SMARTS) is 1.